The number of hydrogen-bond donors (Lipinski definition) is 2. The zero-order chi connectivity index (χ0) is 30.9. The summed E-state index contributed by atoms with van der Waals surface area (Å²) in [5.41, 5.74) is -0.784. The van der Waals surface area contributed by atoms with Gasteiger partial charge in [0.05, 0.1) is 25.2 Å². The van der Waals surface area contributed by atoms with Crippen molar-refractivity contribution in [3.63, 3.8) is 0 Å². The van der Waals surface area contributed by atoms with Crippen LogP contribution in [0.4, 0.5) is 0 Å². The molecule has 0 aliphatic carbocycles. The molecule has 1 aromatic carbocycles. The lowest BCUT2D eigenvalue weighted by atomic mass is 9.74. The number of rotatable bonds is 6. The van der Waals surface area contributed by atoms with E-state index in [0.29, 0.717) is 16.5 Å². The molecule has 4 aliphatic heterocycles. The molecule has 4 aliphatic rings. The highest BCUT2D eigenvalue weighted by molar-refractivity contribution is 9.11. The number of hydrogen-bond acceptors (Lipinski definition) is 8. The van der Waals surface area contributed by atoms with Gasteiger partial charge < -0.3 is 34.4 Å². The first kappa shape index (κ1) is 31.4. The highest BCUT2D eigenvalue weighted by Gasteiger charge is 2.75. The Bertz CT molecular complexity index is 1300. The van der Waals surface area contributed by atoms with Gasteiger partial charge in [0.2, 0.25) is 17.7 Å². The number of halogens is 1. The Labute approximate surface area is 259 Å². The molecular formula is C31H38BrN3O8. The van der Waals surface area contributed by atoms with Gasteiger partial charge in [-0.3, -0.25) is 19.2 Å². The van der Waals surface area contributed by atoms with Gasteiger partial charge in [0.1, 0.15) is 29.8 Å². The molecule has 1 spiro atoms. The number of allylic oxidation sites excluding steroid dienone is 1. The maximum atomic E-state index is 14.3. The summed E-state index contributed by atoms with van der Waals surface area (Å²) >= 11 is 3.54. The number of benzene rings is 1. The molecule has 232 valence electrons. The molecule has 0 saturated carbocycles. The van der Waals surface area contributed by atoms with Gasteiger partial charge in [0.15, 0.2) is 0 Å². The van der Waals surface area contributed by atoms with Crippen LogP contribution in [0.2, 0.25) is 0 Å². The van der Waals surface area contributed by atoms with Gasteiger partial charge in [0, 0.05) is 37.1 Å². The first-order chi connectivity index (χ1) is 20.6. The number of esters is 1. The summed E-state index contributed by atoms with van der Waals surface area (Å²) in [5, 5.41) is 12.9. The number of methoxy groups -OCH3 is 1. The Morgan fingerprint density at radius 1 is 1.12 bits per heavy atom. The second kappa shape index (κ2) is 12.9. The van der Waals surface area contributed by atoms with E-state index < -0.39 is 53.6 Å². The SMILES string of the molecule is COC[C@@H]1NC(=O)CC/C=C\CN(C(C)C)C(=O)[C@H]2N(CCO)C(=O)[C@@H]3[C@@H](C(=O)O[C@H]1c1ccccc1)[C@@H]1O[C@@]32C=C1Br. The summed E-state index contributed by atoms with van der Waals surface area (Å²) < 4.78 is 18.6. The van der Waals surface area contributed by atoms with Crippen molar-refractivity contribution in [2.75, 3.05) is 33.4 Å². The third-order valence-corrected chi connectivity index (χ3v) is 9.30. The van der Waals surface area contributed by atoms with Gasteiger partial charge in [-0.25, -0.2) is 0 Å². The van der Waals surface area contributed by atoms with E-state index >= 15 is 0 Å². The first-order valence-corrected chi connectivity index (χ1v) is 15.4. The lowest BCUT2D eigenvalue weighted by molar-refractivity contribution is -0.162. The monoisotopic (exact) mass is 659 g/mol. The van der Waals surface area contributed by atoms with Crippen LogP contribution < -0.4 is 5.32 Å². The number of nitrogens with one attached hydrogen (secondary N) is 1. The molecule has 7 atom stereocenters. The minimum absolute atomic E-state index is 0.0686. The van der Waals surface area contributed by atoms with Gasteiger partial charge in [-0.1, -0.05) is 58.4 Å². The van der Waals surface area contributed by atoms with Gasteiger partial charge in [-0.05, 0) is 31.9 Å². The zero-order valence-electron chi connectivity index (χ0n) is 24.5. The molecule has 2 fully saturated rings. The van der Waals surface area contributed by atoms with Crippen molar-refractivity contribution in [3.05, 3.63) is 58.6 Å². The van der Waals surface area contributed by atoms with E-state index in [4.69, 9.17) is 14.2 Å². The van der Waals surface area contributed by atoms with Crippen molar-refractivity contribution in [3.8, 4) is 0 Å². The lowest BCUT2D eigenvalue weighted by Crippen LogP contribution is -2.57. The Morgan fingerprint density at radius 3 is 2.53 bits per heavy atom. The number of aliphatic hydroxyl groups excluding tert-OH is 1. The fourth-order valence-corrected chi connectivity index (χ4v) is 7.47. The molecule has 43 heavy (non-hydrogen) atoms. The molecule has 5 rings (SSSR count). The molecular weight excluding hydrogens is 622 g/mol. The van der Waals surface area contributed by atoms with E-state index in [1.165, 1.54) is 12.0 Å². The summed E-state index contributed by atoms with van der Waals surface area (Å²) in [6, 6.07) is 7.01. The van der Waals surface area contributed by atoms with Crippen molar-refractivity contribution in [1.82, 2.24) is 15.1 Å². The smallest absolute Gasteiger partial charge is 0.313 e. The number of aliphatic hydroxyl groups is 1. The predicted octanol–water partition coefficient (Wildman–Crippen LogP) is 1.85. The average molecular weight is 661 g/mol. The van der Waals surface area contributed by atoms with Crippen LogP contribution in [0.15, 0.2) is 53.0 Å². The highest BCUT2D eigenvalue weighted by Crippen LogP contribution is 2.59. The second-order valence-electron chi connectivity index (χ2n) is 11.6. The van der Waals surface area contributed by atoms with Crippen LogP contribution in [0.1, 0.15) is 38.4 Å². The minimum Gasteiger partial charge on any atom is -0.455 e. The van der Waals surface area contributed by atoms with E-state index in [0.717, 1.165) is 0 Å². The number of ether oxygens (including phenoxy) is 3. The molecule has 3 amide bonds. The van der Waals surface area contributed by atoms with E-state index in [2.05, 4.69) is 21.2 Å². The molecule has 12 heteroatoms. The van der Waals surface area contributed by atoms with E-state index in [1.54, 1.807) is 35.2 Å². The molecule has 5 bridgehead atoms. The topological polar surface area (TPSA) is 135 Å². The molecule has 2 N–H and O–H groups in total. The van der Waals surface area contributed by atoms with Crippen molar-refractivity contribution < 1.29 is 38.5 Å². The van der Waals surface area contributed by atoms with Crippen molar-refractivity contribution in [2.45, 2.75) is 62.6 Å². The van der Waals surface area contributed by atoms with Crippen LogP contribution in [0.5, 0.6) is 0 Å². The number of fused-ring (bicyclic) bond motifs is 2. The maximum Gasteiger partial charge on any atom is 0.313 e. The minimum atomic E-state index is -1.43. The quantitative estimate of drug-likeness (QED) is 0.349. The van der Waals surface area contributed by atoms with Crippen LogP contribution in [-0.4, -0.2) is 102 Å². The van der Waals surface area contributed by atoms with Gasteiger partial charge in [-0.15, -0.1) is 0 Å². The Morgan fingerprint density at radius 2 is 1.86 bits per heavy atom. The Kier molecular flexibility index (Phi) is 9.40. The van der Waals surface area contributed by atoms with Crippen LogP contribution in [0, 0.1) is 11.8 Å². The van der Waals surface area contributed by atoms with Gasteiger partial charge in [0.25, 0.3) is 0 Å². The fraction of sp³-hybridized carbons (Fsp3) is 0.548. The Hall–Kier alpha value is -3.06. The highest BCUT2D eigenvalue weighted by atomic mass is 79.9. The van der Waals surface area contributed by atoms with Crippen molar-refractivity contribution >= 4 is 39.6 Å². The first-order valence-electron chi connectivity index (χ1n) is 14.6. The van der Waals surface area contributed by atoms with Gasteiger partial charge >= 0.3 is 5.97 Å². The fourth-order valence-electron chi connectivity index (χ4n) is 6.74. The van der Waals surface area contributed by atoms with E-state index in [9.17, 15) is 24.3 Å². The average Bonchev–Trinajstić information content (AvgIpc) is 3.56. The molecule has 0 aromatic heterocycles. The summed E-state index contributed by atoms with van der Waals surface area (Å²) in [6.45, 7) is 3.62. The molecule has 2 saturated heterocycles. The predicted molar refractivity (Wildman–Crippen MR) is 158 cm³/mol. The molecule has 4 heterocycles. The van der Waals surface area contributed by atoms with Crippen LogP contribution >= 0.6 is 15.9 Å². The lowest BCUT2D eigenvalue weighted by Gasteiger charge is -2.37. The number of carbonyl (C=O) groups excluding carboxylic acids is 4. The largest absolute Gasteiger partial charge is 0.455 e. The number of β-amino-alcohol motifs (C(OH)–C–C–N with tert-alkyl or cyclic N) is 1. The summed E-state index contributed by atoms with van der Waals surface area (Å²) in [5.74, 6) is -3.85. The van der Waals surface area contributed by atoms with E-state index in [1.807, 2.05) is 32.1 Å². The van der Waals surface area contributed by atoms with Crippen LogP contribution in [0.3, 0.4) is 0 Å². The second-order valence-corrected chi connectivity index (χ2v) is 12.5. The Balaban J connectivity index is 1.62. The number of amides is 3. The maximum absolute atomic E-state index is 14.3. The van der Waals surface area contributed by atoms with Crippen LogP contribution in [-0.2, 0) is 33.4 Å². The van der Waals surface area contributed by atoms with E-state index in [-0.39, 0.29) is 50.6 Å². The molecule has 1 aromatic rings. The summed E-state index contributed by atoms with van der Waals surface area (Å²) in [6.07, 6.45) is 4.25. The summed E-state index contributed by atoms with van der Waals surface area (Å²) in [4.78, 5) is 58.5. The van der Waals surface area contributed by atoms with Crippen molar-refractivity contribution in [2.24, 2.45) is 11.8 Å². The number of nitrogens with zero attached hydrogens (tertiary/aromatic N) is 2. The zero-order valence-corrected chi connectivity index (χ0v) is 26.1. The van der Waals surface area contributed by atoms with Gasteiger partial charge in [-0.2, -0.15) is 0 Å². The summed E-state index contributed by atoms with van der Waals surface area (Å²) in [7, 11) is 1.50. The van der Waals surface area contributed by atoms with Crippen molar-refractivity contribution in [1.29, 1.82) is 0 Å². The molecule has 11 nitrogen and oxygen atoms in total. The standard InChI is InChI=1S/C31H38BrN3O8/c1-18(2)34-13-9-5-8-12-22(37)33-21(17-41-3)25(19-10-6-4-7-11-19)42-30(40)23-24-28(38)35(14-15-36)27(29(34)39)31(24)16-20(32)26(23)43-31/h4-7,9-11,16,18,21,23-27,36H,8,12-15,17H2,1-3H3,(H,33,37)/b9-5-/t21-,23+,24-,25-,26+,27+,31-/m0/s1. The number of carbonyl (C=O) groups is 4. The normalized spacial score (nSPS) is 33.9. The van der Waals surface area contributed by atoms with Crippen LogP contribution in [0.25, 0.3) is 0 Å². The third-order valence-electron chi connectivity index (χ3n) is 8.62. The number of likely N-dealkylation sites (tertiary alicyclic amines) is 1. The molecule has 0 unspecified atom stereocenters. The third kappa shape index (κ3) is 5.65. The molecule has 0 radical (unpaired) electrons. The number of cyclic esters (lactones) is 1.